The number of hydrogen-bond acceptors (Lipinski definition) is 3. The zero-order chi connectivity index (χ0) is 13.4. The van der Waals surface area contributed by atoms with E-state index < -0.39 is 0 Å². The highest BCUT2D eigenvalue weighted by atomic mass is 79.9. The maximum Gasteiger partial charge on any atom is 0.166 e. The topological polar surface area (TPSA) is 59.4 Å². The SMILES string of the molecule is Cn1cc(Cc2cn(C3CCC3)nc2C#N)c(Br)n1. The normalized spacial score (nSPS) is 15.2. The van der Waals surface area contributed by atoms with E-state index in [-0.39, 0.29) is 0 Å². The molecule has 0 N–H and O–H groups in total. The first-order chi connectivity index (χ1) is 9.17. The summed E-state index contributed by atoms with van der Waals surface area (Å²) in [5, 5.41) is 17.8. The van der Waals surface area contributed by atoms with Crippen LogP contribution in [0.15, 0.2) is 17.0 Å². The Balaban J connectivity index is 1.89. The van der Waals surface area contributed by atoms with Crippen LogP contribution in [-0.4, -0.2) is 19.6 Å². The van der Waals surface area contributed by atoms with E-state index >= 15 is 0 Å². The molecule has 6 heteroatoms. The summed E-state index contributed by atoms with van der Waals surface area (Å²) in [6.07, 6.45) is 8.26. The van der Waals surface area contributed by atoms with Crippen molar-refractivity contribution in [1.82, 2.24) is 19.6 Å². The third-order valence-electron chi connectivity index (χ3n) is 3.60. The minimum absolute atomic E-state index is 0.484. The number of hydrogen-bond donors (Lipinski definition) is 0. The smallest absolute Gasteiger partial charge is 0.166 e. The van der Waals surface area contributed by atoms with Crippen LogP contribution in [0.4, 0.5) is 0 Å². The largest absolute Gasteiger partial charge is 0.274 e. The van der Waals surface area contributed by atoms with E-state index in [4.69, 9.17) is 0 Å². The highest BCUT2D eigenvalue weighted by Crippen LogP contribution is 2.32. The van der Waals surface area contributed by atoms with Gasteiger partial charge in [-0.1, -0.05) is 0 Å². The summed E-state index contributed by atoms with van der Waals surface area (Å²) in [7, 11) is 1.89. The third-order valence-corrected chi connectivity index (χ3v) is 4.26. The van der Waals surface area contributed by atoms with Gasteiger partial charge in [-0.05, 0) is 35.2 Å². The summed E-state index contributed by atoms with van der Waals surface area (Å²) >= 11 is 3.44. The molecule has 3 rings (SSSR count). The Labute approximate surface area is 120 Å². The Bertz CT molecular complexity index is 645. The van der Waals surface area contributed by atoms with Gasteiger partial charge in [0, 0.05) is 37.0 Å². The molecule has 0 unspecified atom stereocenters. The minimum atomic E-state index is 0.484. The van der Waals surface area contributed by atoms with Crippen LogP contribution in [-0.2, 0) is 13.5 Å². The van der Waals surface area contributed by atoms with E-state index in [2.05, 4.69) is 32.2 Å². The van der Waals surface area contributed by atoms with Gasteiger partial charge >= 0.3 is 0 Å². The second kappa shape index (κ2) is 4.82. The van der Waals surface area contributed by atoms with E-state index in [1.54, 1.807) is 4.68 Å². The molecule has 1 saturated carbocycles. The van der Waals surface area contributed by atoms with E-state index in [1.807, 2.05) is 24.1 Å². The molecule has 2 aromatic heterocycles. The van der Waals surface area contributed by atoms with Crippen molar-refractivity contribution < 1.29 is 0 Å². The van der Waals surface area contributed by atoms with Crippen LogP contribution < -0.4 is 0 Å². The lowest BCUT2D eigenvalue weighted by Crippen LogP contribution is -2.17. The molecule has 98 valence electrons. The summed E-state index contributed by atoms with van der Waals surface area (Å²) < 4.78 is 4.55. The Kier molecular flexibility index (Phi) is 3.15. The first-order valence-electron chi connectivity index (χ1n) is 6.33. The van der Waals surface area contributed by atoms with Gasteiger partial charge in [-0.2, -0.15) is 15.5 Å². The van der Waals surface area contributed by atoms with Gasteiger partial charge in [0.05, 0.1) is 6.04 Å². The minimum Gasteiger partial charge on any atom is -0.274 e. The molecule has 2 heterocycles. The first-order valence-corrected chi connectivity index (χ1v) is 7.13. The predicted molar refractivity (Wildman–Crippen MR) is 73.5 cm³/mol. The fraction of sp³-hybridized carbons (Fsp3) is 0.462. The molecule has 0 radical (unpaired) electrons. The van der Waals surface area contributed by atoms with Crippen molar-refractivity contribution in [2.75, 3.05) is 0 Å². The average Bonchev–Trinajstić information content (AvgIpc) is 2.81. The molecular formula is C13H14BrN5. The van der Waals surface area contributed by atoms with E-state index in [0.29, 0.717) is 18.2 Å². The Morgan fingerprint density at radius 3 is 2.68 bits per heavy atom. The van der Waals surface area contributed by atoms with Gasteiger partial charge in [0.2, 0.25) is 0 Å². The standard InChI is InChI=1S/C13H14BrN5/c1-18-7-10(13(14)17-18)5-9-8-19(11-3-2-4-11)16-12(9)6-15/h7-8,11H,2-5H2,1H3. The van der Waals surface area contributed by atoms with E-state index in [0.717, 1.165) is 15.7 Å². The quantitative estimate of drug-likeness (QED) is 0.873. The predicted octanol–water partition coefficient (Wildman–Crippen LogP) is 2.57. The molecule has 0 saturated heterocycles. The number of aryl methyl sites for hydroxylation is 1. The average molecular weight is 320 g/mol. The van der Waals surface area contributed by atoms with Gasteiger partial charge in [0.15, 0.2) is 5.69 Å². The zero-order valence-electron chi connectivity index (χ0n) is 10.7. The Morgan fingerprint density at radius 1 is 1.37 bits per heavy atom. The second-order valence-electron chi connectivity index (χ2n) is 4.98. The fourth-order valence-corrected chi connectivity index (χ4v) is 2.82. The summed E-state index contributed by atoms with van der Waals surface area (Å²) in [5.74, 6) is 0. The van der Waals surface area contributed by atoms with Crippen LogP contribution in [0.3, 0.4) is 0 Å². The number of nitrogens with zero attached hydrogens (tertiary/aromatic N) is 5. The molecule has 5 nitrogen and oxygen atoms in total. The third kappa shape index (κ3) is 2.30. The molecule has 2 aromatic rings. The van der Waals surface area contributed by atoms with Crippen molar-refractivity contribution in [2.24, 2.45) is 7.05 Å². The Hall–Kier alpha value is -1.61. The number of rotatable bonds is 3. The van der Waals surface area contributed by atoms with Gasteiger partial charge in [-0.15, -0.1) is 0 Å². The van der Waals surface area contributed by atoms with Gasteiger partial charge in [0.1, 0.15) is 10.7 Å². The zero-order valence-corrected chi connectivity index (χ0v) is 12.3. The van der Waals surface area contributed by atoms with Gasteiger partial charge in [-0.25, -0.2) is 0 Å². The van der Waals surface area contributed by atoms with Crippen molar-refractivity contribution in [1.29, 1.82) is 5.26 Å². The monoisotopic (exact) mass is 319 g/mol. The molecule has 0 amide bonds. The molecule has 1 aliphatic rings. The molecule has 0 atom stereocenters. The lowest BCUT2D eigenvalue weighted by atomic mass is 9.93. The molecule has 0 aliphatic heterocycles. The Morgan fingerprint density at radius 2 is 2.16 bits per heavy atom. The van der Waals surface area contributed by atoms with E-state index in [9.17, 15) is 5.26 Å². The number of aromatic nitrogens is 4. The van der Waals surface area contributed by atoms with Crippen LogP contribution in [0.1, 0.15) is 42.1 Å². The molecule has 0 bridgehead atoms. The number of nitriles is 1. The molecular weight excluding hydrogens is 306 g/mol. The van der Waals surface area contributed by atoms with Crippen LogP contribution in [0, 0.1) is 11.3 Å². The van der Waals surface area contributed by atoms with Crippen LogP contribution in [0.25, 0.3) is 0 Å². The number of halogens is 1. The van der Waals surface area contributed by atoms with Crippen molar-refractivity contribution >= 4 is 15.9 Å². The van der Waals surface area contributed by atoms with Crippen molar-refractivity contribution in [3.8, 4) is 6.07 Å². The van der Waals surface area contributed by atoms with Crippen LogP contribution in [0.5, 0.6) is 0 Å². The highest BCUT2D eigenvalue weighted by Gasteiger charge is 2.22. The second-order valence-corrected chi connectivity index (χ2v) is 5.73. The van der Waals surface area contributed by atoms with Crippen molar-refractivity contribution in [2.45, 2.75) is 31.7 Å². The lowest BCUT2D eigenvalue weighted by Gasteiger charge is -2.25. The first kappa shape index (κ1) is 12.4. The summed E-state index contributed by atoms with van der Waals surface area (Å²) in [5.41, 5.74) is 2.58. The molecule has 1 aliphatic carbocycles. The maximum atomic E-state index is 9.20. The van der Waals surface area contributed by atoms with Crippen LogP contribution in [0.2, 0.25) is 0 Å². The molecule has 0 aromatic carbocycles. The summed E-state index contributed by atoms with van der Waals surface area (Å²) in [4.78, 5) is 0. The van der Waals surface area contributed by atoms with Gasteiger partial charge in [0.25, 0.3) is 0 Å². The van der Waals surface area contributed by atoms with Gasteiger partial charge in [-0.3, -0.25) is 9.36 Å². The fourth-order valence-electron chi connectivity index (χ4n) is 2.33. The molecule has 19 heavy (non-hydrogen) atoms. The van der Waals surface area contributed by atoms with Crippen LogP contribution >= 0.6 is 15.9 Å². The summed E-state index contributed by atoms with van der Waals surface area (Å²) in [6.45, 7) is 0. The summed E-state index contributed by atoms with van der Waals surface area (Å²) in [6, 6.07) is 2.68. The van der Waals surface area contributed by atoms with Crippen molar-refractivity contribution in [3.63, 3.8) is 0 Å². The molecule has 0 spiro atoms. The van der Waals surface area contributed by atoms with Gasteiger partial charge < -0.3 is 0 Å². The van der Waals surface area contributed by atoms with Crippen molar-refractivity contribution in [3.05, 3.63) is 33.8 Å². The maximum absolute atomic E-state index is 9.20. The molecule has 1 fully saturated rings. The lowest BCUT2D eigenvalue weighted by molar-refractivity contribution is 0.289. The van der Waals surface area contributed by atoms with E-state index in [1.165, 1.54) is 19.3 Å². The highest BCUT2D eigenvalue weighted by molar-refractivity contribution is 9.10.